The Labute approximate surface area is 114 Å². The normalized spacial score (nSPS) is 22.4. The van der Waals surface area contributed by atoms with E-state index in [-0.39, 0.29) is 24.7 Å². The zero-order valence-corrected chi connectivity index (χ0v) is 10.5. The standard InChI is InChI=1S/C13H14N2O5/c16-10-6-15(7-11(10)17)13(20)9-3-1-8(5-14-9)2-4-12(18)19/h1-5,10-11,16-17H,6-7H2,(H,18,19)/b4-2+. The van der Waals surface area contributed by atoms with Gasteiger partial charge in [-0.1, -0.05) is 6.07 Å². The van der Waals surface area contributed by atoms with Gasteiger partial charge in [0.1, 0.15) is 5.69 Å². The molecule has 1 aliphatic rings. The van der Waals surface area contributed by atoms with E-state index in [4.69, 9.17) is 5.11 Å². The summed E-state index contributed by atoms with van der Waals surface area (Å²) in [5, 5.41) is 27.3. The van der Waals surface area contributed by atoms with Gasteiger partial charge >= 0.3 is 5.97 Å². The number of likely N-dealkylation sites (tertiary alicyclic amines) is 1. The molecule has 0 aliphatic carbocycles. The number of carboxylic acids is 1. The van der Waals surface area contributed by atoms with Crippen molar-refractivity contribution in [2.45, 2.75) is 12.2 Å². The summed E-state index contributed by atoms with van der Waals surface area (Å²) in [6.07, 6.45) is 1.86. The van der Waals surface area contributed by atoms with Crippen LogP contribution in [0, 0.1) is 0 Å². The minimum absolute atomic E-state index is 0.0718. The molecule has 0 aromatic carbocycles. The number of aliphatic hydroxyl groups is 2. The van der Waals surface area contributed by atoms with Crippen molar-refractivity contribution >= 4 is 18.0 Å². The number of nitrogens with zero attached hydrogens (tertiary/aromatic N) is 2. The van der Waals surface area contributed by atoms with Gasteiger partial charge < -0.3 is 20.2 Å². The van der Waals surface area contributed by atoms with E-state index in [1.54, 1.807) is 6.07 Å². The van der Waals surface area contributed by atoms with Crippen molar-refractivity contribution < 1.29 is 24.9 Å². The first-order chi connectivity index (χ1) is 9.47. The Kier molecular flexibility index (Phi) is 4.11. The third-order valence-electron chi connectivity index (χ3n) is 2.97. The smallest absolute Gasteiger partial charge is 0.328 e. The molecule has 0 radical (unpaired) electrons. The molecular formula is C13H14N2O5. The molecule has 0 bridgehead atoms. The van der Waals surface area contributed by atoms with Gasteiger partial charge in [0.25, 0.3) is 5.91 Å². The van der Waals surface area contributed by atoms with Gasteiger partial charge in [-0.25, -0.2) is 4.79 Å². The second-order valence-electron chi connectivity index (χ2n) is 4.49. The zero-order valence-electron chi connectivity index (χ0n) is 10.5. The van der Waals surface area contributed by atoms with Gasteiger partial charge in [-0.3, -0.25) is 9.78 Å². The van der Waals surface area contributed by atoms with Crippen LogP contribution in [0.25, 0.3) is 6.08 Å². The van der Waals surface area contributed by atoms with Gasteiger partial charge in [-0.15, -0.1) is 0 Å². The monoisotopic (exact) mass is 278 g/mol. The van der Waals surface area contributed by atoms with Crippen LogP contribution >= 0.6 is 0 Å². The first-order valence-electron chi connectivity index (χ1n) is 6.00. The van der Waals surface area contributed by atoms with Crippen molar-refractivity contribution in [1.82, 2.24) is 9.88 Å². The van der Waals surface area contributed by atoms with Crippen molar-refractivity contribution in [2.75, 3.05) is 13.1 Å². The van der Waals surface area contributed by atoms with E-state index >= 15 is 0 Å². The van der Waals surface area contributed by atoms with E-state index in [0.717, 1.165) is 6.08 Å². The number of aliphatic carboxylic acids is 1. The maximum Gasteiger partial charge on any atom is 0.328 e. The predicted molar refractivity (Wildman–Crippen MR) is 68.8 cm³/mol. The van der Waals surface area contributed by atoms with Crippen LogP contribution < -0.4 is 0 Å². The summed E-state index contributed by atoms with van der Waals surface area (Å²) >= 11 is 0. The van der Waals surface area contributed by atoms with E-state index < -0.39 is 18.2 Å². The van der Waals surface area contributed by atoms with Crippen LogP contribution in [-0.4, -0.2) is 62.4 Å². The van der Waals surface area contributed by atoms with Crippen LogP contribution in [0.2, 0.25) is 0 Å². The number of hydrogen-bond acceptors (Lipinski definition) is 5. The fourth-order valence-electron chi connectivity index (χ4n) is 1.90. The zero-order chi connectivity index (χ0) is 14.7. The molecule has 1 aromatic rings. The number of β-amino-alcohol motifs (C(OH)–C–C–N with tert-alkyl or cyclic N) is 2. The summed E-state index contributed by atoms with van der Waals surface area (Å²) in [4.78, 5) is 27.7. The molecule has 2 heterocycles. The minimum atomic E-state index is -1.06. The molecule has 3 N–H and O–H groups in total. The molecule has 1 saturated heterocycles. The molecule has 2 atom stereocenters. The van der Waals surface area contributed by atoms with Crippen molar-refractivity contribution in [1.29, 1.82) is 0 Å². The lowest BCUT2D eigenvalue weighted by atomic mass is 10.2. The van der Waals surface area contributed by atoms with Crippen LogP contribution in [-0.2, 0) is 4.79 Å². The molecule has 7 heteroatoms. The van der Waals surface area contributed by atoms with Crippen LogP contribution in [0.4, 0.5) is 0 Å². The number of amides is 1. The third-order valence-corrected chi connectivity index (χ3v) is 2.97. The van der Waals surface area contributed by atoms with E-state index in [1.165, 1.54) is 23.2 Å². The average Bonchev–Trinajstić information content (AvgIpc) is 2.76. The highest BCUT2D eigenvalue weighted by molar-refractivity contribution is 5.92. The highest BCUT2D eigenvalue weighted by Crippen LogP contribution is 2.13. The van der Waals surface area contributed by atoms with Gasteiger partial charge in [-0.05, 0) is 17.7 Å². The Hall–Kier alpha value is -2.25. The molecule has 2 unspecified atom stereocenters. The fraction of sp³-hybridized carbons (Fsp3) is 0.308. The van der Waals surface area contributed by atoms with E-state index in [9.17, 15) is 19.8 Å². The van der Waals surface area contributed by atoms with Crippen molar-refractivity contribution in [3.8, 4) is 0 Å². The third kappa shape index (κ3) is 3.19. The van der Waals surface area contributed by atoms with Crippen molar-refractivity contribution in [2.24, 2.45) is 0 Å². The molecule has 106 valence electrons. The molecule has 2 rings (SSSR count). The number of aliphatic hydroxyl groups excluding tert-OH is 2. The van der Waals surface area contributed by atoms with Crippen molar-refractivity contribution in [3.05, 3.63) is 35.7 Å². The number of carbonyl (C=O) groups excluding carboxylic acids is 1. The lowest BCUT2D eigenvalue weighted by molar-refractivity contribution is -0.131. The topological polar surface area (TPSA) is 111 Å². The van der Waals surface area contributed by atoms with Gasteiger partial charge in [0.15, 0.2) is 0 Å². The summed E-state index contributed by atoms with van der Waals surface area (Å²) in [7, 11) is 0. The molecule has 1 aromatic heterocycles. The van der Waals surface area contributed by atoms with Crippen LogP contribution in [0.3, 0.4) is 0 Å². The highest BCUT2D eigenvalue weighted by Gasteiger charge is 2.33. The maximum atomic E-state index is 12.0. The summed E-state index contributed by atoms with van der Waals surface area (Å²) in [6.45, 7) is 0.144. The minimum Gasteiger partial charge on any atom is -0.478 e. The number of rotatable bonds is 3. The SMILES string of the molecule is O=C(O)/C=C/c1ccc(C(=O)N2CC(O)C(O)C2)nc1. The maximum absolute atomic E-state index is 12.0. The molecule has 0 spiro atoms. The number of aromatic nitrogens is 1. The van der Waals surface area contributed by atoms with E-state index in [1.807, 2.05) is 0 Å². The number of carbonyl (C=O) groups is 2. The summed E-state index contributed by atoms with van der Waals surface area (Å²) in [5.41, 5.74) is 0.740. The Balaban J connectivity index is 2.06. The first-order valence-corrected chi connectivity index (χ1v) is 6.00. The molecule has 20 heavy (non-hydrogen) atoms. The lowest BCUT2D eigenvalue weighted by Crippen LogP contribution is -2.30. The lowest BCUT2D eigenvalue weighted by Gasteiger charge is -2.14. The average molecular weight is 278 g/mol. The summed E-state index contributed by atoms with van der Waals surface area (Å²) in [5.74, 6) is -1.44. The number of carboxylic acid groups (broad SMARTS) is 1. The highest BCUT2D eigenvalue weighted by atomic mass is 16.4. The largest absolute Gasteiger partial charge is 0.478 e. The van der Waals surface area contributed by atoms with Gasteiger partial charge in [-0.2, -0.15) is 0 Å². The second kappa shape index (κ2) is 5.81. The molecule has 1 fully saturated rings. The first kappa shape index (κ1) is 14.2. The van der Waals surface area contributed by atoms with Gasteiger partial charge in [0, 0.05) is 25.4 Å². The summed E-state index contributed by atoms with van der Waals surface area (Å²) in [6, 6.07) is 3.05. The quantitative estimate of drug-likeness (QED) is 0.634. The molecule has 7 nitrogen and oxygen atoms in total. The second-order valence-corrected chi connectivity index (χ2v) is 4.49. The van der Waals surface area contributed by atoms with Gasteiger partial charge in [0.05, 0.1) is 12.2 Å². The van der Waals surface area contributed by atoms with Crippen LogP contribution in [0.15, 0.2) is 24.4 Å². The molecular weight excluding hydrogens is 264 g/mol. The Morgan fingerprint density at radius 1 is 1.25 bits per heavy atom. The Bertz CT molecular complexity index is 530. The van der Waals surface area contributed by atoms with E-state index in [0.29, 0.717) is 5.56 Å². The Morgan fingerprint density at radius 3 is 2.40 bits per heavy atom. The molecule has 0 saturated carbocycles. The molecule has 1 amide bonds. The van der Waals surface area contributed by atoms with Crippen LogP contribution in [0.5, 0.6) is 0 Å². The summed E-state index contributed by atoms with van der Waals surface area (Å²) < 4.78 is 0. The fourth-order valence-corrected chi connectivity index (χ4v) is 1.90. The number of hydrogen-bond donors (Lipinski definition) is 3. The number of pyridine rings is 1. The van der Waals surface area contributed by atoms with Gasteiger partial charge in [0.2, 0.25) is 0 Å². The van der Waals surface area contributed by atoms with Crippen LogP contribution in [0.1, 0.15) is 16.1 Å². The Morgan fingerprint density at radius 2 is 1.90 bits per heavy atom. The van der Waals surface area contributed by atoms with E-state index in [2.05, 4.69) is 4.98 Å². The van der Waals surface area contributed by atoms with Crippen molar-refractivity contribution in [3.63, 3.8) is 0 Å². The molecule has 1 aliphatic heterocycles. The predicted octanol–water partition coefficient (Wildman–Crippen LogP) is -0.643.